The predicted octanol–water partition coefficient (Wildman–Crippen LogP) is 4.59. The Labute approximate surface area is 132 Å². The van der Waals surface area contributed by atoms with E-state index in [1.165, 1.54) is 6.07 Å². The Morgan fingerprint density at radius 2 is 1.68 bits per heavy atom. The van der Waals surface area contributed by atoms with Crippen molar-refractivity contribution in [3.63, 3.8) is 0 Å². The van der Waals surface area contributed by atoms with Crippen molar-refractivity contribution in [3.05, 3.63) is 55.6 Å². The van der Waals surface area contributed by atoms with Gasteiger partial charge in [-0.15, -0.1) is 0 Å². The van der Waals surface area contributed by atoms with Gasteiger partial charge in [0.15, 0.2) is 0 Å². The lowest BCUT2D eigenvalue weighted by atomic mass is 10.1. The second-order valence-corrected chi connectivity index (χ2v) is 5.56. The normalized spacial score (nSPS) is 9.47. The van der Waals surface area contributed by atoms with Gasteiger partial charge in [0.05, 0.1) is 26.8 Å². The van der Waals surface area contributed by atoms with Crippen molar-refractivity contribution in [1.82, 2.24) is 0 Å². The molecule has 0 aliphatic rings. The molecule has 5 heteroatoms. The minimum Gasteiger partial charge on any atom is -0.456 e. The second-order valence-electron chi connectivity index (χ2n) is 3.62. The molecule has 3 nitrogen and oxygen atoms in total. The van der Waals surface area contributed by atoms with Crippen LogP contribution >= 0.6 is 38.5 Å². The van der Waals surface area contributed by atoms with Crippen LogP contribution in [0.3, 0.4) is 0 Å². The van der Waals surface area contributed by atoms with Gasteiger partial charge in [0, 0.05) is 4.47 Å². The molecule has 0 saturated carbocycles. The molecule has 0 aromatic heterocycles. The predicted molar refractivity (Wildman–Crippen MR) is 82.8 cm³/mol. The largest absolute Gasteiger partial charge is 0.456 e. The van der Waals surface area contributed by atoms with Crippen LogP contribution in [-0.2, 0) is 0 Å². The molecule has 0 unspecified atom stereocenters. The molecule has 0 atom stereocenters. The van der Waals surface area contributed by atoms with E-state index in [-0.39, 0.29) is 0 Å². The molecule has 2 aromatic rings. The Morgan fingerprint density at radius 1 is 1.05 bits per heavy atom. The Balaban J connectivity index is 2.42. The summed E-state index contributed by atoms with van der Waals surface area (Å²) in [6.45, 7) is 0. The van der Waals surface area contributed by atoms with Crippen LogP contribution in [0.4, 0.5) is 0 Å². The summed E-state index contributed by atoms with van der Waals surface area (Å²) in [4.78, 5) is 0. The highest BCUT2D eigenvalue weighted by Gasteiger charge is 2.07. The van der Waals surface area contributed by atoms with Crippen LogP contribution in [0, 0.1) is 26.2 Å². The van der Waals surface area contributed by atoms with Crippen LogP contribution < -0.4 is 4.74 Å². The summed E-state index contributed by atoms with van der Waals surface area (Å²) >= 11 is 5.59. The lowest BCUT2D eigenvalue weighted by molar-refractivity contribution is 0.478. The van der Waals surface area contributed by atoms with Crippen LogP contribution in [0.2, 0.25) is 0 Å². The van der Waals surface area contributed by atoms with Crippen molar-refractivity contribution in [2.24, 2.45) is 0 Å². The number of halogens is 2. The summed E-state index contributed by atoms with van der Waals surface area (Å²) in [5.74, 6) is 1.15. The third-order valence-electron chi connectivity index (χ3n) is 2.31. The molecular formula is C14H6BrIN2O. The standard InChI is InChI=1S/C14H6BrIN2O/c15-12-2-1-3-13(14(12)16)19-11-5-9(7-17)4-10(6-11)8-18/h1-6H. The van der Waals surface area contributed by atoms with Gasteiger partial charge in [-0.1, -0.05) is 6.07 Å². The van der Waals surface area contributed by atoms with Gasteiger partial charge in [0.1, 0.15) is 11.5 Å². The molecule has 0 heterocycles. The van der Waals surface area contributed by atoms with Gasteiger partial charge in [0.25, 0.3) is 0 Å². The molecule has 92 valence electrons. The molecule has 2 aromatic carbocycles. The summed E-state index contributed by atoms with van der Waals surface area (Å²) in [7, 11) is 0. The van der Waals surface area contributed by atoms with E-state index in [0.717, 1.165) is 8.04 Å². The first-order valence-corrected chi connectivity index (χ1v) is 7.08. The molecule has 0 aliphatic carbocycles. The summed E-state index contributed by atoms with van der Waals surface area (Å²) in [5, 5.41) is 17.8. The van der Waals surface area contributed by atoms with E-state index < -0.39 is 0 Å². The van der Waals surface area contributed by atoms with Crippen molar-refractivity contribution in [2.45, 2.75) is 0 Å². The number of nitrogens with zero attached hydrogens (tertiary/aromatic N) is 2. The Hall–Kier alpha value is -1.57. The Bertz CT molecular complexity index is 684. The third kappa shape index (κ3) is 3.25. The maximum Gasteiger partial charge on any atom is 0.141 e. The second kappa shape index (κ2) is 6.05. The molecular weight excluding hydrogens is 419 g/mol. The molecule has 0 spiro atoms. The molecule has 0 fully saturated rings. The first kappa shape index (κ1) is 13.9. The van der Waals surface area contributed by atoms with Gasteiger partial charge >= 0.3 is 0 Å². The van der Waals surface area contributed by atoms with Gasteiger partial charge in [-0.2, -0.15) is 10.5 Å². The SMILES string of the molecule is N#Cc1cc(C#N)cc(Oc2cccc(Br)c2I)c1. The fourth-order valence-electron chi connectivity index (χ4n) is 1.48. The molecule has 0 N–H and O–H groups in total. The zero-order valence-electron chi connectivity index (χ0n) is 9.52. The van der Waals surface area contributed by atoms with Crippen LogP contribution in [-0.4, -0.2) is 0 Å². The van der Waals surface area contributed by atoms with Crippen molar-refractivity contribution >= 4 is 38.5 Å². The molecule has 0 aliphatic heterocycles. The molecule has 19 heavy (non-hydrogen) atoms. The third-order valence-corrected chi connectivity index (χ3v) is 4.82. The summed E-state index contributed by atoms with van der Waals surface area (Å²) < 4.78 is 7.60. The quantitative estimate of drug-likeness (QED) is 0.662. The van der Waals surface area contributed by atoms with Crippen molar-refractivity contribution in [2.75, 3.05) is 0 Å². The molecule has 0 amide bonds. The van der Waals surface area contributed by atoms with Crippen LogP contribution in [0.25, 0.3) is 0 Å². The minimum atomic E-state index is 0.402. The van der Waals surface area contributed by atoms with E-state index >= 15 is 0 Å². The Kier molecular flexibility index (Phi) is 4.41. The van der Waals surface area contributed by atoms with Gasteiger partial charge in [0.2, 0.25) is 0 Å². The zero-order valence-corrected chi connectivity index (χ0v) is 13.3. The zero-order chi connectivity index (χ0) is 13.8. The highest BCUT2D eigenvalue weighted by atomic mass is 127. The fraction of sp³-hybridized carbons (Fsp3) is 0. The van der Waals surface area contributed by atoms with Crippen LogP contribution in [0.1, 0.15) is 11.1 Å². The van der Waals surface area contributed by atoms with Crippen LogP contribution in [0.15, 0.2) is 40.9 Å². The first-order chi connectivity index (χ1) is 9.13. The van der Waals surface area contributed by atoms with Crippen molar-refractivity contribution in [3.8, 4) is 23.6 Å². The fourth-order valence-corrected chi connectivity index (χ4v) is 2.29. The van der Waals surface area contributed by atoms with Crippen molar-refractivity contribution < 1.29 is 4.74 Å². The van der Waals surface area contributed by atoms with Crippen molar-refractivity contribution in [1.29, 1.82) is 10.5 Å². The number of benzene rings is 2. The monoisotopic (exact) mass is 424 g/mol. The smallest absolute Gasteiger partial charge is 0.141 e. The van der Waals surface area contributed by atoms with E-state index in [1.807, 2.05) is 30.3 Å². The number of nitriles is 2. The first-order valence-electron chi connectivity index (χ1n) is 5.21. The van der Waals surface area contributed by atoms with E-state index in [4.69, 9.17) is 15.3 Å². The lowest BCUT2D eigenvalue weighted by Gasteiger charge is -2.09. The van der Waals surface area contributed by atoms with Gasteiger partial charge < -0.3 is 4.74 Å². The van der Waals surface area contributed by atoms with Gasteiger partial charge in [-0.25, -0.2) is 0 Å². The summed E-state index contributed by atoms with van der Waals surface area (Å²) in [6.07, 6.45) is 0. The number of hydrogen-bond acceptors (Lipinski definition) is 3. The van der Waals surface area contributed by atoms with E-state index in [2.05, 4.69) is 38.5 Å². The highest BCUT2D eigenvalue weighted by molar-refractivity contribution is 14.1. The number of hydrogen-bond donors (Lipinski definition) is 0. The number of ether oxygens (including phenoxy) is 1. The molecule has 0 saturated heterocycles. The molecule has 0 radical (unpaired) electrons. The Morgan fingerprint density at radius 3 is 2.26 bits per heavy atom. The number of rotatable bonds is 2. The average Bonchev–Trinajstić information content (AvgIpc) is 2.43. The minimum absolute atomic E-state index is 0.402. The average molecular weight is 425 g/mol. The van der Waals surface area contributed by atoms with Gasteiger partial charge in [-0.3, -0.25) is 0 Å². The molecule has 2 rings (SSSR count). The topological polar surface area (TPSA) is 56.8 Å². The van der Waals surface area contributed by atoms with E-state index in [9.17, 15) is 0 Å². The lowest BCUT2D eigenvalue weighted by Crippen LogP contribution is -1.90. The highest BCUT2D eigenvalue weighted by Crippen LogP contribution is 2.32. The maximum atomic E-state index is 8.92. The van der Waals surface area contributed by atoms with E-state index in [0.29, 0.717) is 22.6 Å². The summed E-state index contributed by atoms with van der Waals surface area (Å²) in [6, 6.07) is 14.4. The summed E-state index contributed by atoms with van der Waals surface area (Å²) in [5.41, 5.74) is 0.804. The maximum absolute atomic E-state index is 8.92. The van der Waals surface area contributed by atoms with Crippen LogP contribution in [0.5, 0.6) is 11.5 Å². The van der Waals surface area contributed by atoms with E-state index in [1.54, 1.807) is 12.1 Å². The molecule has 0 bridgehead atoms. The van der Waals surface area contributed by atoms with Gasteiger partial charge in [-0.05, 0) is 68.9 Å².